The molecule has 0 spiro atoms. The van der Waals surface area contributed by atoms with E-state index in [1.807, 2.05) is 0 Å². The normalized spacial score (nSPS) is 18.7. The Balaban J connectivity index is 2.22. The van der Waals surface area contributed by atoms with Crippen molar-refractivity contribution < 1.29 is 8.78 Å². The Hall–Kier alpha value is -0.480. The maximum atomic E-state index is 14.2. The molecule has 0 saturated carbocycles. The number of halogens is 3. The molecule has 4 heteroatoms. The highest BCUT2D eigenvalue weighted by atomic mass is 79.9. The minimum atomic E-state index is -2.72. The Labute approximate surface area is 102 Å². The van der Waals surface area contributed by atoms with Gasteiger partial charge in [-0.1, -0.05) is 28.1 Å². The maximum Gasteiger partial charge on any atom is 0.276 e. The van der Waals surface area contributed by atoms with E-state index in [9.17, 15) is 8.78 Å². The lowest BCUT2D eigenvalue weighted by molar-refractivity contribution is -0.0753. The first-order valence-corrected chi connectivity index (χ1v) is 6.24. The summed E-state index contributed by atoms with van der Waals surface area (Å²) in [5.74, 6) is -3.26. The van der Waals surface area contributed by atoms with Crippen molar-refractivity contribution in [2.45, 2.75) is 18.8 Å². The molecule has 1 aromatic rings. The summed E-state index contributed by atoms with van der Waals surface area (Å²) in [7, 11) is 0. The number of alkyl halides is 2. The highest BCUT2D eigenvalue weighted by molar-refractivity contribution is 9.10. The van der Waals surface area contributed by atoms with Gasteiger partial charge in [-0.25, -0.2) is 8.78 Å². The van der Waals surface area contributed by atoms with Gasteiger partial charge in [-0.05, 0) is 38.1 Å². The highest BCUT2D eigenvalue weighted by Gasteiger charge is 2.41. The van der Waals surface area contributed by atoms with Gasteiger partial charge in [-0.15, -0.1) is 0 Å². The van der Waals surface area contributed by atoms with E-state index < -0.39 is 11.8 Å². The summed E-state index contributed by atoms with van der Waals surface area (Å²) in [5.41, 5.74) is 0.119. The van der Waals surface area contributed by atoms with Crippen molar-refractivity contribution in [2.75, 3.05) is 13.1 Å². The molecule has 0 radical (unpaired) electrons. The quantitative estimate of drug-likeness (QED) is 0.878. The van der Waals surface area contributed by atoms with E-state index in [1.165, 1.54) is 12.1 Å². The van der Waals surface area contributed by atoms with Crippen LogP contribution in [0.25, 0.3) is 0 Å². The van der Waals surface area contributed by atoms with E-state index in [0.29, 0.717) is 30.4 Å². The molecule has 0 amide bonds. The summed E-state index contributed by atoms with van der Waals surface area (Å²) in [5, 5.41) is 3.11. The minimum absolute atomic E-state index is 0.119. The molecule has 0 aliphatic carbocycles. The number of rotatable bonds is 2. The molecule has 1 N–H and O–H groups in total. The molecule has 1 aromatic carbocycles. The summed E-state index contributed by atoms with van der Waals surface area (Å²) in [6.45, 7) is 1.38. The summed E-state index contributed by atoms with van der Waals surface area (Å²) < 4.78 is 29.1. The van der Waals surface area contributed by atoms with Crippen molar-refractivity contribution in [1.29, 1.82) is 0 Å². The number of hydrogen-bond donors (Lipinski definition) is 1. The molecule has 88 valence electrons. The number of benzene rings is 1. The predicted octanol–water partition coefficient (Wildman–Crippen LogP) is 3.54. The van der Waals surface area contributed by atoms with Crippen molar-refractivity contribution in [1.82, 2.24) is 5.32 Å². The fourth-order valence-electron chi connectivity index (χ4n) is 2.12. The van der Waals surface area contributed by atoms with Gasteiger partial charge in [0.25, 0.3) is 5.92 Å². The van der Waals surface area contributed by atoms with Crippen molar-refractivity contribution in [3.63, 3.8) is 0 Å². The third-order valence-corrected chi connectivity index (χ3v) is 3.55. The number of piperidine rings is 1. The first kappa shape index (κ1) is 12.0. The predicted molar refractivity (Wildman–Crippen MR) is 63.6 cm³/mol. The van der Waals surface area contributed by atoms with E-state index >= 15 is 0 Å². The van der Waals surface area contributed by atoms with Gasteiger partial charge in [0.1, 0.15) is 0 Å². The fourth-order valence-corrected chi connectivity index (χ4v) is 2.52. The first-order chi connectivity index (χ1) is 7.60. The minimum Gasteiger partial charge on any atom is -0.317 e. The highest BCUT2D eigenvalue weighted by Crippen LogP contribution is 2.40. The lowest BCUT2D eigenvalue weighted by Crippen LogP contribution is -2.36. The molecule has 1 heterocycles. The van der Waals surface area contributed by atoms with Crippen LogP contribution in [0.5, 0.6) is 0 Å². The Morgan fingerprint density at radius 3 is 2.56 bits per heavy atom. The zero-order chi connectivity index (χ0) is 11.6. The third kappa shape index (κ3) is 2.43. The van der Waals surface area contributed by atoms with Gasteiger partial charge in [-0.3, -0.25) is 0 Å². The van der Waals surface area contributed by atoms with Gasteiger partial charge < -0.3 is 5.32 Å². The number of hydrogen-bond acceptors (Lipinski definition) is 1. The second kappa shape index (κ2) is 4.80. The molecule has 1 aliphatic heterocycles. The molecule has 1 fully saturated rings. The first-order valence-electron chi connectivity index (χ1n) is 5.45. The molecule has 1 aliphatic rings. The monoisotopic (exact) mass is 289 g/mol. The van der Waals surface area contributed by atoms with E-state index in [4.69, 9.17) is 0 Å². The van der Waals surface area contributed by atoms with E-state index in [-0.39, 0.29) is 5.56 Å². The van der Waals surface area contributed by atoms with E-state index in [2.05, 4.69) is 21.2 Å². The second-order valence-corrected chi connectivity index (χ2v) is 5.07. The molecule has 0 unspecified atom stereocenters. The number of nitrogens with one attached hydrogen (secondary N) is 1. The van der Waals surface area contributed by atoms with E-state index in [1.54, 1.807) is 12.1 Å². The van der Waals surface area contributed by atoms with Crippen LogP contribution in [-0.4, -0.2) is 13.1 Å². The maximum absolute atomic E-state index is 14.2. The summed E-state index contributed by atoms with van der Waals surface area (Å²) in [6.07, 6.45) is 1.08. The van der Waals surface area contributed by atoms with Gasteiger partial charge in [0.05, 0.1) is 0 Å². The summed E-state index contributed by atoms with van der Waals surface area (Å²) in [6, 6.07) is 6.45. The second-order valence-electron chi connectivity index (χ2n) is 4.16. The molecule has 16 heavy (non-hydrogen) atoms. The Morgan fingerprint density at radius 2 is 1.94 bits per heavy atom. The Kier molecular flexibility index (Phi) is 3.60. The Bertz CT molecular complexity index is 362. The van der Waals surface area contributed by atoms with Gasteiger partial charge >= 0.3 is 0 Å². The van der Waals surface area contributed by atoms with Crippen LogP contribution in [-0.2, 0) is 5.92 Å². The van der Waals surface area contributed by atoms with Gasteiger partial charge in [0.15, 0.2) is 0 Å². The average molecular weight is 290 g/mol. The topological polar surface area (TPSA) is 12.0 Å². The fraction of sp³-hybridized carbons (Fsp3) is 0.500. The van der Waals surface area contributed by atoms with Crippen LogP contribution >= 0.6 is 15.9 Å². The van der Waals surface area contributed by atoms with Crippen molar-refractivity contribution in [2.24, 2.45) is 5.92 Å². The van der Waals surface area contributed by atoms with Gasteiger partial charge in [0, 0.05) is 16.0 Å². The lowest BCUT2D eigenvalue weighted by atomic mass is 9.87. The molecular formula is C12H14BrF2N. The summed E-state index contributed by atoms with van der Waals surface area (Å²) in [4.78, 5) is 0. The van der Waals surface area contributed by atoms with Gasteiger partial charge in [0.2, 0.25) is 0 Å². The molecule has 0 atom stereocenters. The smallest absolute Gasteiger partial charge is 0.276 e. The molecule has 2 rings (SSSR count). The van der Waals surface area contributed by atoms with Crippen LogP contribution in [0.3, 0.4) is 0 Å². The van der Waals surface area contributed by atoms with Gasteiger partial charge in [-0.2, -0.15) is 0 Å². The van der Waals surface area contributed by atoms with Crippen LogP contribution in [0.4, 0.5) is 8.78 Å². The standard InChI is InChI=1S/C12H14BrF2N/c13-11-3-1-2-10(8-11)12(14,15)9-4-6-16-7-5-9/h1-3,8-9,16H,4-7H2. The van der Waals surface area contributed by atoms with Crippen LogP contribution in [0.2, 0.25) is 0 Å². The van der Waals surface area contributed by atoms with E-state index in [0.717, 1.165) is 0 Å². The van der Waals surface area contributed by atoms with Crippen LogP contribution in [0.15, 0.2) is 28.7 Å². The largest absolute Gasteiger partial charge is 0.317 e. The lowest BCUT2D eigenvalue weighted by Gasteiger charge is -2.30. The Morgan fingerprint density at radius 1 is 1.25 bits per heavy atom. The zero-order valence-corrected chi connectivity index (χ0v) is 10.4. The molecular weight excluding hydrogens is 276 g/mol. The SMILES string of the molecule is FC(F)(c1cccc(Br)c1)C1CCNCC1. The third-order valence-electron chi connectivity index (χ3n) is 3.06. The van der Waals surface area contributed by atoms with Crippen molar-refractivity contribution in [3.8, 4) is 0 Å². The van der Waals surface area contributed by atoms with Crippen LogP contribution in [0.1, 0.15) is 18.4 Å². The van der Waals surface area contributed by atoms with Crippen molar-refractivity contribution >= 4 is 15.9 Å². The molecule has 0 aromatic heterocycles. The van der Waals surface area contributed by atoms with Crippen LogP contribution in [0, 0.1) is 5.92 Å². The molecule has 0 bridgehead atoms. The molecule has 1 nitrogen and oxygen atoms in total. The summed E-state index contributed by atoms with van der Waals surface area (Å²) >= 11 is 3.23. The van der Waals surface area contributed by atoms with Crippen molar-refractivity contribution in [3.05, 3.63) is 34.3 Å². The zero-order valence-electron chi connectivity index (χ0n) is 8.85. The average Bonchev–Trinajstić information content (AvgIpc) is 2.30. The molecule has 1 saturated heterocycles. The van der Waals surface area contributed by atoms with Crippen LogP contribution < -0.4 is 5.32 Å².